The highest BCUT2D eigenvalue weighted by Crippen LogP contribution is 2.28. The van der Waals surface area contributed by atoms with Crippen molar-refractivity contribution in [2.45, 2.75) is 51.5 Å². The van der Waals surface area contributed by atoms with Crippen molar-refractivity contribution in [1.29, 1.82) is 0 Å². The number of para-hydroxylation sites is 1. The van der Waals surface area contributed by atoms with Crippen LogP contribution in [-0.2, 0) is 9.59 Å². The SMILES string of the molecule is CCC(C)c1ccccc1OCC(=O)N1CCCCC1C(=O)O. The standard InChI is InChI=1S/C18H25NO4/c1-3-13(2)14-8-4-5-10-16(14)23-12-17(20)19-11-7-6-9-15(19)18(21)22/h4-5,8,10,13,15H,3,6-7,9,11-12H2,1-2H3,(H,21,22). The highest BCUT2D eigenvalue weighted by atomic mass is 16.5. The van der Waals surface area contributed by atoms with E-state index in [0.29, 0.717) is 24.6 Å². The fourth-order valence-corrected chi connectivity index (χ4v) is 2.95. The van der Waals surface area contributed by atoms with Gasteiger partial charge in [0.25, 0.3) is 5.91 Å². The van der Waals surface area contributed by atoms with E-state index in [1.54, 1.807) is 0 Å². The molecule has 2 atom stereocenters. The third-order valence-corrected chi connectivity index (χ3v) is 4.52. The lowest BCUT2D eigenvalue weighted by Crippen LogP contribution is -2.49. The quantitative estimate of drug-likeness (QED) is 0.875. The Labute approximate surface area is 137 Å². The monoisotopic (exact) mass is 319 g/mol. The van der Waals surface area contributed by atoms with Crippen LogP contribution in [0.25, 0.3) is 0 Å². The first-order valence-corrected chi connectivity index (χ1v) is 8.28. The van der Waals surface area contributed by atoms with Crippen LogP contribution >= 0.6 is 0 Å². The molecule has 1 heterocycles. The molecular formula is C18H25NO4. The third kappa shape index (κ3) is 4.24. The summed E-state index contributed by atoms with van der Waals surface area (Å²) in [5, 5.41) is 9.26. The second-order valence-corrected chi connectivity index (χ2v) is 6.07. The Kier molecular flexibility index (Phi) is 6.02. The number of benzene rings is 1. The molecule has 1 N–H and O–H groups in total. The maximum atomic E-state index is 12.4. The second kappa shape index (κ2) is 7.99. The highest BCUT2D eigenvalue weighted by molar-refractivity contribution is 5.84. The Balaban J connectivity index is 2.03. The lowest BCUT2D eigenvalue weighted by molar-refractivity contribution is -0.152. The average Bonchev–Trinajstić information content (AvgIpc) is 2.59. The normalized spacial score (nSPS) is 19.2. The molecule has 126 valence electrons. The van der Waals surface area contributed by atoms with Crippen LogP contribution in [0.15, 0.2) is 24.3 Å². The Bertz CT molecular complexity index is 558. The van der Waals surface area contributed by atoms with Crippen LogP contribution in [0.1, 0.15) is 51.0 Å². The van der Waals surface area contributed by atoms with Gasteiger partial charge in [0, 0.05) is 6.54 Å². The average molecular weight is 319 g/mol. The number of carbonyl (C=O) groups is 2. The molecule has 1 aliphatic rings. The lowest BCUT2D eigenvalue weighted by Gasteiger charge is -2.32. The number of hydrogen-bond acceptors (Lipinski definition) is 3. The molecule has 5 heteroatoms. The Morgan fingerprint density at radius 1 is 1.35 bits per heavy atom. The van der Waals surface area contributed by atoms with Crippen molar-refractivity contribution in [3.8, 4) is 5.75 Å². The minimum absolute atomic E-state index is 0.114. The number of hydrogen-bond donors (Lipinski definition) is 1. The van der Waals surface area contributed by atoms with E-state index in [4.69, 9.17) is 4.74 Å². The molecule has 2 unspecified atom stereocenters. The summed E-state index contributed by atoms with van der Waals surface area (Å²) in [7, 11) is 0. The third-order valence-electron chi connectivity index (χ3n) is 4.52. The highest BCUT2D eigenvalue weighted by Gasteiger charge is 2.32. The smallest absolute Gasteiger partial charge is 0.326 e. The summed E-state index contributed by atoms with van der Waals surface area (Å²) in [6.45, 7) is 4.61. The summed E-state index contributed by atoms with van der Waals surface area (Å²) in [5.74, 6) is -0.128. The number of piperidine rings is 1. The maximum absolute atomic E-state index is 12.4. The summed E-state index contributed by atoms with van der Waals surface area (Å²) in [6, 6.07) is 6.99. The predicted octanol–water partition coefficient (Wildman–Crippen LogP) is 3.04. The zero-order chi connectivity index (χ0) is 16.8. The van der Waals surface area contributed by atoms with Gasteiger partial charge in [0.15, 0.2) is 6.61 Å². The van der Waals surface area contributed by atoms with E-state index < -0.39 is 12.0 Å². The van der Waals surface area contributed by atoms with Gasteiger partial charge in [-0.1, -0.05) is 32.0 Å². The zero-order valence-corrected chi connectivity index (χ0v) is 13.8. The molecule has 0 aliphatic carbocycles. The van der Waals surface area contributed by atoms with E-state index in [-0.39, 0.29) is 12.5 Å². The molecule has 0 saturated carbocycles. The molecule has 1 fully saturated rings. The first kappa shape index (κ1) is 17.3. The molecule has 5 nitrogen and oxygen atoms in total. The van der Waals surface area contributed by atoms with Gasteiger partial charge in [-0.15, -0.1) is 0 Å². The van der Waals surface area contributed by atoms with Gasteiger partial charge in [-0.25, -0.2) is 4.79 Å². The van der Waals surface area contributed by atoms with Crippen LogP contribution in [0, 0.1) is 0 Å². The predicted molar refractivity (Wildman–Crippen MR) is 87.6 cm³/mol. The van der Waals surface area contributed by atoms with E-state index in [0.717, 1.165) is 24.8 Å². The minimum Gasteiger partial charge on any atom is -0.483 e. The lowest BCUT2D eigenvalue weighted by atomic mass is 9.98. The van der Waals surface area contributed by atoms with Crippen LogP contribution < -0.4 is 4.74 Å². The van der Waals surface area contributed by atoms with Crippen molar-refractivity contribution in [3.05, 3.63) is 29.8 Å². The van der Waals surface area contributed by atoms with Crippen molar-refractivity contribution in [3.63, 3.8) is 0 Å². The number of ether oxygens (including phenoxy) is 1. The molecule has 2 rings (SSSR count). The van der Waals surface area contributed by atoms with E-state index in [1.165, 1.54) is 4.90 Å². The van der Waals surface area contributed by atoms with Crippen molar-refractivity contribution in [2.24, 2.45) is 0 Å². The van der Waals surface area contributed by atoms with Gasteiger partial charge in [0.1, 0.15) is 11.8 Å². The van der Waals surface area contributed by atoms with Gasteiger partial charge in [-0.2, -0.15) is 0 Å². The fraction of sp³-hybridized carbons (Fsp3) is 0.556. The number of nitrogens with zero attached hydrogens (tertiary/aromatic N) is 1. The van der Waals surface area contributed by atoms with Crippen molar-refractivity contribution >= 4 is 11.9 Å². The number of aliphatic carboxylic acids is 1. The van der Waals surface area contributed by atoms with Crippen molar-refractivity contribution in [1.82, 2.24) is 4.90 Å². The molecule has 0 spiro atoms. The van der Waals surface area contributed by atoms with Crippen molar-refractivity contribution < 1.29 is 19.4 Å². The van der Waals surface area contributed by atoms with Crippen LogP contribution in [0.5, 0.6) is 5.75 Å². The van der Waals surface area contributed by atoms with Gasteiger partial charge >= 0.3 is 5.97 Å². The summed E-state index contributed by atoms with van der Waals surface area (Å²) in [4.78, 5) is 25.1. The number of carboxylic acid groups (broad SMARTS) is 1. The van der Waals surface area contributed by atoms with Crippen LogP contribution in [-0.4, -0.2) is 41.1 Å². The number of carbonyl (C=O) groups excluding carboxylic acids is 1. The minimum atomic E-state index is -0.932. The second-order valence-electron chi connectivity index (χ2n) is 6.07. The molecule has 1 amide bonds. The van der Waals surface area contributed by atoms with Gasteiger partial charge in [0.05, 0.1) is 0 Å². The topological polar surface area (TPSA) is 66.8 Å². The van der Waals surface area contributed by atoms with Gasteiger partial charge in [-0.05, 0) is 43.2 Å². The summed E-state index contributed by atoms with van der Waals surface area (Å²) in [5.41, 5.74) is 1.08. The van der Waals surface area contributed by atoms with Crippen LogP contribution in [0.2, 0.25) is 0 Å². The van der Waals surface area contributed by atoms with E-state index in [9.17, 15) is 14.7 Å². The van der Waals surface area contributed by atoms with Gasteiger partial charge < -0.3 is 14.7 Å². The van der Waals surface area contributed by atoms with Gasteiger partial charge in [0.2, 0.25) is 0 Å². The van der Waals surface area contributed by atoms with E-state index in [1.807, 2.05) is 24.3 Å². The zero-order valence-electron chi connectivity index (χ0n) is 13.8. The molecule has 1 aromatic carbocycles. The Hall–Kier alpha value is -2.04. The number of amides is 1. The largest absolute Gasteiger partial charge is 0.483 e. The molecule has 0 radical (unpaired) electrons. The van der Waals surface area contributed by atoms with Crippen LogP contribution in [0.4, 0.5) is 0 Å². The van der Waals surface area contributed by atoms with E-state index >= 15 is 0 Å². The summed E-state index contributed by atoms with van der Waals surface area (Å²) < 4.78 is 5.72. The fourth-order valence-electron chi connectivity index (χ4n) is 2.95. The molecule has 0 aromatic heterocycles. The summed E-state index contributed by atoms with van der Waals surface area (Å²) in [6.07, 6.45) is 3.20. The summed E-state index contributed by atoms with van der Waals surface area (Å²) >= 11 is 0. The Morgan fingerprint density at radius 2 is 2.09 bits per heavy atom. The van der Waals surface area contributed by atoms with Gasteiger partial charge in [-0.3, -0.25) is 4.79 Å². The Morgan fingerprint density at radius 3 is 2.78 bits per heavy atom. The first-order valence-electron chi connectivity index (χ1n) is 8.28. The molecule has 1 saturated heterocycles. The van der Waals surface area contributed by atoms with Crippen LogP contribution in [0.3, 0.4) is 0 Å². The molecule has 23 heavy (non-hydrogen) atoms. The molecule has 0 bridgehead atoms. The maximum Gasteiger partial charge on any atom is 0.326 e. The molecule has 1 aromatic rings. The number of rotatable bonds is 6. The van der Waals surface area contributed by atoms with Crippen molar-refractivity contribution in [2.75, 3.05) is 13.2 Å². The number of carboxylic acids is 1. The molecule has 1 aliphatic heterocycles. The first-order chi connectivity index (χ1) is 11.0. The van der Waals surface area contributed by atoms with E-state index in [2.05, 4.69) is 13.8 Å². The molecular weight excluding hydrogens is 294 g/mol. The number of likely N-dealkylation sites (tertiary alicyclic amines) is 1.